The molecule has 0 fully saturated rings. The third-order valence-corrected chi connectivity index (χ3v) is 5.50. The second kappa shape index (κ2) is 16.9. The van der Waals surface area contributed by atoms with Crippen LogP contribution in [0, 0.1) is 0 Å². The molecule has 0 saturated heterocycles. The fourth-order valence-electron chi connectivity index (χ4n) is 3.67. The van der Waals surface area contributed by atoms with Gasteiger partial charge in [0.05, 0.1) is 21.1 Å². The maximum atomic E-state index is 12.7. The fourth-order valence-corrected chi connectivity index (χ4v) is 3.67. The summed E-state index contributed by atoms with van der Waals surface area (Å²) in [4.78, 5) is 12.7. The largest absolute Gasteiger partial charge is 0.422 e. The Morgan fingerprint density at radius 2 is 1.24 bits per heavy atom. The van der Waals surface area contributed by atoms with E-state index in [-0.39, 0.29) is 29.0 Å². The number of benzene rings is 1. The predicted molar refractivity (Wildman–Crippen MR) is 130 cm³/mol. The van der Waals surface area contributed by atoms with E-state index < -0.39 is 0 Å². The molecule has 0 bridgehead atoms. The van der Waals surface area contributed by atoms with Crippen LogP contribution >= 0.6 is 17.0 Å². The van der Waals surface area contributed by atoms with Crippen molar-refractivity contribution in [2.45, 2.75) is 96.4 Å². The number of esters is 1. The van der Waals surface area contributed by atoms with Gasteiger partial charge in [0.25, 0.3) is 0 Å². The summed E-state index contributed by atoms with van der Waals surface area (Å²) in [5.74, 6) is 0.530. The summed E-state index contributed by atoms with van der Waals surface area (Å²) in [6.45, 7) is 2.27. The van der Waals surface area contributed by atoms with Crippen LogP contribution in [-0.2, 0) is 4.79 Å². The number of halogens is 1. The van der Waals surface area contributed by atoms with Crippen molar-refractivity contribution in [3.05, 3.63) is 30.3 Å². The van der Waals surface area contributed by atoms with Crippen molar-refractivity contribution in [2.24, 2.45) is 0 Å². The number of carbonyl (C=O) groups is 1. The van der Waals surface area contributed by atoms with Gasteiger partial charge in [0.2, 0.25) is 0 Å². The molecule has 0 aliphatic heterocycles. The van der Waals surface area contributed by atoms with Gasteiger partial charge in [0.15, 0.2) is 6.04 Å². The molecule has 1 rings (SSSR count). The van der Waals surface area contributed by atoms with Crippen molar-refractivity contribution in [2.75, 3.05) is 21.1 Å². The summed E-state index contributed by atoms with van der Waals surface area (Å²) < 4.78 is 6.22. The van der Waals surface area contributed by atoms with Gasteiger partial charge in [-0.15, -0.1) is 17.0 Å². The molecule has 0 saturated carbocycles. The molecule has 1 atom stereocenters. The van der Waals surface area contributed by atoms with Gasteiger partial charge >= 0.3 is 5.97 Å². The molecule has 1 aromatic carbocycles. The molecule has 3 nitrogen and oxygen atoms in total. The Labute approximate surface area is 190 Å². The summed E-state index contributed by atoms with van der Waals surface area (Å²) in [5, 5.41) is 0. The highest BCUT2D eigenvalue weighted by Gasteiger charge is 2.32. The highest BCUT2D eigenvalue weighted by Crippen LogP contribution is 2.18. The molecule has 1 unspecified atom stereocenters. The number of carbonyl (C=O) groups excluding carboxylic acids is 1. The Morgan fingerprint density at radius 1 is 0.793 bits per heavy atom. The maximum absolute atomic E-state index is 12.7. The number of ether oxygens (including phenoxy) is 1. The van der Waals surface area contributed by atoms with Crippen LogP contribution in [0.4, 0.5) is 0 Å². The first-order valence-corrected chi connectivity index (χ1v) is 11.5. The lowest BCUT2D eigenvalue weighted by atomic mass is 10.0. The first-order chi connectivity index (χ1) is 13.4. The van der Waals surface area contributed by atoms with Crippen LogP contribution < -0.4 is 4.74 Å². The van der Waals surface area contributed by atoms with E-state index in [9.17, 15) is 4.79 Å². The summed E-state index contributed by atoms with van der Waals surface area (Å²) in [6.07, 6.45) is 16.9. The lowest BCUT2D eigenvalue weighted by Crippen LogP contribution is -2.51. The normalized spacial score (nSPS) is 12.3. The zero-order chi connectivity index (χ0) is 20.7. The standard InChI is InChI=1S/C25H44NO2.BrH/c1-5-6-7-8-9-10-11-12-13-14-15-19-22-24(26(2,3)4)25(27)28-23-20-17-16-18-21-23;/h16-18,20-21,24H,5-15,19,22H2,1-4H3;1H/q+1;. The van der Waals surface area contributed by atoms with Crippen molar-refractivity contribution in [1.29, 1.82) is 0 Å². The molecule has 0 amide bonds. The summed E-state index contributed by atoms with van der Waals surface area (Å²) in [6, 6.07) is 9.30. The number of nitrogens with zero attached hydrogens (tertiary/aromatic N) is 1. The van der Waals surface area contributed by atoms with E-state index in [0.29, 0.717) is 10.2 Å². The third-order valence-electron chi connectivity index (χ3n) is 5.50. The zero-order valence-electron chi connectivity index (χ0n) is 19.3. The lowest BCUT2D eigenvalue weighted by molar-refractivity contribution is -0.887. The van der Waals surface area contributed by atoms with E-state index in [1.165, 1.54) is 70.6 Å². The average Bonchev–Trinajstić information content (AvgIpc) is 2.65. The van der Waals surface area contributed by atoms with Crippen LogP contribution in [0.2, 0.25) is 0 Å². The molecule has 168 valence electrons. The second-order valence-corrected chi connectivity index (χ2v) is 9.04. The van der Waals surface area contributed by atoms with Crippen molar-refractivity contribution < 1.29 is 14.0 Å². The van der Waals surface area contributed by atoms with Gasteiger partial charge in [-0.3, -0.25) is 0 Å². The monoisotopic (exact) mass is 470 g/mol. The molecule has 29 heavy (non-hydrogen) atoms. The quantitative estimate of drug-likeness (QED) is 0.109. The molecule has 1 aromatic rings. The van der Waals surface area contributed by atoms with Crippen molar-refractivity contribution in [1.82, 2.24) is 0 Å². The predicted octanol–water partition coefficient (Wildman–Crippen LogP) is 7.34. The lowest BCUT2D eigenvalue weighted by Gasteiger charge is -2.32. The van der Waals surface area contributed by atoms with Crippen LogP contribution in [0.1, 0.15) is 90.4 Å². The molecule has 0 aromatic heterocycles. The Hall–Kier alpha value is -0.870. The molecule has 0 aliphatic rings. The van der Waals surface area contributed by atoms with E-state index in [4.69, 9.17) is 4.74 Å². The van der Waals surface area contributed by atoms with Crippen molar-refractivity contribution in [3.63, 3.8) is 0 Å². The molecular formula is C25H45BrNO2+. The van der Waals surface area contributed by atoms with E-state index in [0.717, 1.165) is 12.8 Å². The number of hydrogen-bond donors (Lipinski definition) is 0. The summed E-state index contributed by atoms with van der Waals surface area (Å²) >= 11 is 0. The number of quaternary nitrogens is 1. The van der Waals surface area contributed by atoms with Gasteiger partial charge in [0, 0.05) is 6.42 Å². The summed E-state index contributed by atoms with van der Waals surface area (Å²) in [7, 11) is 6.24. The van der Waals surface area contributed by atoms with Gasteiger partial charge in [0.1, 0.15) is 5.75 Å². The van der Waals surface area contributed by atoms with Crippen LogP contribution in [0.3, 0.4) is 0 Å². The second-order valence-electron chi connectivity index (χ2n) is 9.04. The van der Waals surface area contributed by atoms with E-state index in [2.05, 4.69) is 28.1 Å². The Kier molecular flexibility index (Phi) is 16.4. The van der Waals surface area contributed by atoms with Gasteiger partial charge in [-0.25, -0.2) is 4.79 Å². The topological polar surface area (TPSA) is 26.3 Å². The van der Waals surface area contributed by atoms with Crippen LogP contribution in [-0.4, -0.2) is 37.6 Å². The van der Waals surface area contributed by atoms with Gasteiger partial charge in [-0.1, -0.05) is 95.8 Å². The maximum Gasteiger partial charge on any atom is 0.370 e. The minimum absolute atomic E-state index is 0. The number of unbranched alkanes of at least 4 members (excludes halogenated alkanes) is 11. The number of likely N-dealkylation sites (N-methyl/N-ethyl adjacent to an activating group) is 1. The zero-order valence-corrected chi connectivity index (χ0v) is 21.0. The molecular weight excluding hydrogens is 426 g/mol. The van der Waals surface area contributed by atoms with Crippen LogP contribution in [0.25, 0.3) is 0 Å². The van der Waals surface area contributed by atoms with E-state index >= 15 is 0 Å². The molecule has 0 aliphatic carbocycles. The number of para-hydroxylation sites is 1. The minimum atomic E-state index is -0.109. The highest BCUT2D eigenvalue weighted by molar-refractivity contribution is 8.93. The SMILES string of the molecule is Br.CCCCCCCCCCCCCCC(C(=O)Oc1ccccc1)[N+](C)(C)C. The van der Waals surface area contributed by atoms with Crippen molar-refractivity contribution >= 4 is 23.0 Å². The van der Waals surface area contributed by atoms with Gasteiger partial charge in [-0.05, 0) is 18.6 Å². The third kappa shape index (κ3) is 13.9. The number of rotatable bonds is 16. The molecule has 0 radical (unpaired) electrons. The number of hydrogen-bond acceptors (Lipinski definition) is 2. The Balaban J connectivity index is 0.00000784. The smallest absolute Gasteiger partial charge is 0.370 e. The van der Waals surface area contributed by atoms with Crippen LogP contribution in [0.15, 0.2) is 30.3 Å². The van der Waals surface area contributed by atoms with Crippen LogP contribution in [0.5, 0.6) is 5.75 Å². The first-order valence-electron chi connectivity index (χ1n) is 11.5. The molecule has 4 heteroatoms. The molecule has 0 heterocycles. The van der Waals surface area contributed by atoms with Gasteiger partial charge < -0.3 is 9.22 Å². The van der Waals surface area contributed by atoms with Crippen molar-refractivity contribution in [3.8, 4) is 5.75 Å². The Bertz CT molecular complexity index is 513. The van der Waals surface area contributed by atoms with E-state index in [1.54, 1.807) is 0 Å². The average molecular weight is 472 g/mol. The summed E-state index contributed by atoms with van der Waals surface area (Å²) in [5.41, 5.74) is 0. The van der Waals surface area contributed by atoms with Gasteiger partial charge in [-0.2, -0.15) is 0 Å². The first kappa shape index (κ1) is 28.1. The molecule has 0 N–H and O–H groups in total. The highest BCUT2D eigenvalue weighted by atomic mass is 79.9. The van der Waals surface area contributed by atoms with E-state index in [1.807, 2.05) is 30.3 Å². The fraction of sp³-hybridized carbons (Fsp3) is 0.720. The Morgan fingerprint density at radius 3 is 1.69 bits per heavy atom. The molecule has 0 spiro atoms. The minimum Gasteiger partial charge on any atom is -0.422 e.